The minimum atomic E-state index is -0.139. The predicted molar refractivity (Wildman–Crippen MR) is 47.8 cm³/mol. The maximum absolute atomic E-state index is 5.86. The molecule has 0 spiro atoms. The lowest BCUT2D eigenvalue weighted by molar-refractivity contribution is -0.0823. The number of nitrogens with one attached hydrogen (secondary N) is 1. The van der Waals surface area contributed by atoms with Crippen molar-refractivity contribution >= 4 is 0 Å². The van der Waals surface area contributed by atoms with Crippen LogP contribution in [0, 0.1) is 0 Å². The van der Waals surface area contributed by atoms with Crippen molar-refractivity contribution in [1.82, 2.24) is 5.48 Å². The monoisotopic (exact) mass is 173 g/mol. The minimum absolute atomic E-state index is 0.0420. The molecule has 1 heterocycles. The Balaban J connectivity index is 2.64. The van der Waals surface area contributed by atoms with Crippen LogP contribution in [0.2, 0.25) is 0 Å². The number of hydrogen-bond donors (Lipinski definition) is 1. The van der Waals surface area contributed by atoms with Crippen molar-refractivity contribution in [3.8, 4) is 0 Å². The van der Waals surface area contributed by atoms with Gasteiger partial charge in [-0.3, -0.25) is 0 Å². The molecule has 0 saturated carbocycles. The molecule has 0 radical (unpaired) electrons. The van der Waals surface area contributed by atoms with Gasteiger partial charge in [0.25, 0.3) is 0 Å². The van der Waals surface area contributed by atoms with Gasteiger partial charge >= 0.3 is 0 Å². The summed E-state index contributed by atoms with van der Waals surface area (Å²) in [4.78, 5) is 4.92. The molecule has 1 unspecified atom stereocenters. The molecule has 3 heteroatoms. The molecule has 1 fully saturated rings. The van der Waals surface area contributed by atoms with E-state index in [2.05, 4.69) is 33.2 Å². The van der Waals surface area contributed by atoms with Crippen LogP contribution in [-0.4, -0.2) is 24.4 Å². The van der Waals surface area contributed by atoms with E-state index in [9.17, 15) is 0 Å². The van der Waals surface area contributed by atoms with E-state index in [0.717, 1.165) is 6.42 Å². The molecular formula is C9H19NO2. The molecule has 0 amide bonds. The lowest BCUT2D eigenvalue weighted by atomic mass is 9.95. The van der Waals surface area contributed by atoms with Crippen molar-refractivity contribution < 1.29 is 9.57 Å². The van der Waals surface area contributed by atoms with Crippen molar-refractivity contribution in [3.63, 3.8) is 0 Å². The zero-order valence-electron chi connectivity index (χ0n) is 8.60. The summed E-state index contributed by atoms with van der Waals surface area (Å²) in [7, 11) is 1.64. The maximum atomic E-state index is 5.86. The van der Waals surface area contributed by atoms with Gasteiger partial charge in [-0.1, -0.05) is 0 Å². The summed E-state index contributed by atoms with van der Waals surface area (Å²) in [5.41, 5.74) is 2.78. The van der Waals surface area contributed by atoms with E-state index in [1.165, 1.54) is 0 Å². The van der Waals surface area contributed by atoms with Crippen molar-refractivity contribution in [2.75, 3.05) is 7.11 Å². The van der Waals surface area contributed by atoms with E-state index in [1.54, 1.807) is 7.11 Å². The SMILES string of the molecule is CONC1CC(C)(C)OC1(C)C. The third-order valence-electron chi connectivity index (χ3n) is 2.33. The summed E-state index contributed by atoms with van der Waals surface area (Å²) >= 11 is 0. The summed E-state index contributed by atoms with van der Waals surface area (Å²) in [5.74, 6) is 0. The molecule has 12 heavy (non-hydrogen) atoms. The van der Waals surface area contributed by atoms with Gasteiger partial charge in [0.05, 0.1) is 24.4 Å². The van der Waals surface area contributed by atoms with Gasteiger partial charge in [0.2, 0.25) is 0 Å². The Morgan fingerprint density at radius 2 is 1.92 bits per heavy atom. The second-order valence-corrected chi connectivity index (χ2v) is 4.54. The molecule has 72 valence electrons. The third-order valence-corrected chi connectivity index (χ3v) is 2.33. The quantitative estimate of drug-likeness (QED) is 0.642. The normalized spacial score (nSPS) is 32.2. The first-order valence-electron chi connectivity index (χ1n) is 4.36. The van der Waals surface area contributed by atoms with Crippen LogP contribution in [0.5, 0.6) is 0 Å². The molecule has 0 aromatic heterocycles. The van der Waals surface area contributed by atoms with E-state index < -0.39 is 0 Å². The fourth-order valence-electron chi connectivity index (χ4n) is 1.89. The van der Waals surface area contributed by atoms with E-state index in [0.29, 0.717) is 0 Å². The highest BCUT2D eigenvalue weighted by atomic mass is 16.6. The number of ether oxygens (including phenoxy) is 1. The average molecular weight is 173 g/mol. The van der Waals surface area contributed by atoms with Gasteiger partial charge in [0, 0.05) is 0 Å². The second-order valence-electron chi connectivity index (χ2n) is 4.54. The summed E-state index contributed by atoms with van der Waals surface area (Å²) in [6.07, 6.45) is 0.980. The smallest absolute Gasteiger partial charge is 0.0809 e. The molecule has 1 saturated heterocycles. The summed E-state index contributed by atoms with van der Waals surface area (Å²) in [6, 6.07) is 0.275. The van der Waals surface area contributed by atoms with Crippen molar-refractivity contribution in [1.29, 1.82) is 0 Å². The number of hydrogen-bond acceptors (Lipinski definition) is 3. The van der Waals surface area contributed by atoms with E-state index >= 15 is 0 Å². The Kier molecular flexibility index (Phi) is 2.47. The van der Waals surface area contributed by atoms with Crippen LogP contribution in [0.1, 0.15) is 34.1 Å². The van der Waals surface area contributed by atoms with Gasteiger partial charge in [-0.05, 0) is 34.1 Å². The van der Waals surface area contributed by atoms with Crippen LogP contribution >= 0.6 is 0 Å². The Bertz CT molecular complexity index is 166. The molecule has 1 aliphatic rings. The molecule has 0 bridgehead atoms. The van der Waals surface area contributed by atoms with Crippen LogP contribution < -0.4 is 5.48 Å². The van der Waals surface area contributed by atoms with Gasteiger partial charge in [0.15, 0.2) is 0 Å². The van der Waals surface area contributed by atoms with Crippen LogP contribution in [0.4, 0.5) is 0 Å². The van der Waals surface area contributed by atoms with Gasteiger partial charge in [0.1, 0.15) is 0 Å². The third kappa shape index (κ3) is 1.97. The lowest BCUT2D eigenvalue weighted by Gasteiger charge is -2.26. The van der Waals surface area contributed by atoms with Crippen molar-refractivity contribution in [2.45, 2.75) is 51.4 Å². The van der Waals surface area contributed by atoms with E-state index in [1.807, 2.05) is 0 Å². The van der Waals surface area contributed by atoms with Crippen LogP contribution in [0.3, 0.4) is 0 Å². The van der Waals surface area contributed by atoms with Crippen molar-refractivity contribution in [2.24, 2.45) is 0 Å². The van der Waals surface area contributed by atoms with Crippen LogP contribution in [0.25, 0.3) is 0 Å². The predicted octanol–water partition coefficient (Wildman–Crippen LogP) is 1.48. The standard InChI is InChI=1S/C9H19NO2/c1-8(2)6-7(10-11-5)9(3,4)12-8/h7,10H,6H2,1-5H3. The maximum Gasteiger partial charge on any atom is 0.0809 e. The first-order chi connectivity index (χ1) is 5.37. The molecule has 1 atom stereocenters. The van der Waals surface area contributed by atoms with Gasteiger partial charge in [-0.25, -0.2) is 0 Å². The van der Waals surface area contributed by atoms with Crippen LogP contribution in [0.15, 0.2) is 0 Å². The Labute approximate surface area is 74.4 Å². The molecule has 1 rings (SSSR count). The number of rotatable bonds is 2. The Morgan fingerprint density at radius 3 is 2.25 bits per heavy atom. The summed E-state index contributed by atoms with van der Waals surface area (Å²) in [5, 5.41) is 0. The molecule has 0 aliphatic carbocycles. The largest absolute Gasteiger partial charge is 0.368 e. The van der Waals surface area contributed by atoms with Gasteiger partial charge in [-0.15, -0.1) is 0 Å². The Hall–Kier alpha value is -0.120. The van der Waals surface area contributed by atoms with Gasteiger partial charge < -0.3 is 9.57 Å². The zero-order valence-corrected chi connectivity index (χ0v) is 8.60. The van der Waals surface area contributed by atoms with E-state index in [4.69, 9.17) is 9.57 Å². The molecular weight excluding hydrogens is 154 g/mol. The first-order valence-corrected chi connectivity index (χ1v) is 4.36. The second kappa shape index (κ2) is 2.98. The molecule has 0 aromatic rings. The minimum Gasteiger partial charge on any atom is -0.368 e. The van der Waals surface area contributed by atoms with E-state index in [-0.39, 0.29) is 17.2 Å². The fraction of sp³-hybridized carbons (Fsp3) is 1.00. The highest BCUT2D eigenvalue weighted by molar-refractivity contribution is 4.97. The Morgan fingerprint density at radius 1 is 1.33 bits per heavy atom. The topological polar surface area (TPSA) is 30.5 Å². The van der Waals surface area contributed by atoms with Gasteiger partial charge in [-0.2, -0.15) is 5.48 Å². The zero-order chi connectivity index (χ0) is 9.41. The molecule has 1 N–H and O–H groups in total. The summed E-state index contributed by atoms with van der Waals surface area (Å²) in [6.45, 7) is 8.37. The molecule has 0 aromatic carbocycles. The van der Waals surface area contributed by atoms with Crippen molar-refractivity contribution in [3.05, 3.63) is 0 Å². The fourth-order valence-corrected chi connectivity index (χ4v) is 1.89. The highest BCUT2D eigenvalue weighted by Gasteiger charge is 2.45. The number of hydroxylamine groups is 1. The highest BCUT2D eigenvalue weighted by Crippen LogP contribution is 2.36. The van der Waals surface area contributed by atoms with Crippen LogP contribution in [-0.2, 0) is 9.57 Å². The molecule has 1 aliphatic heterocycles. The first kappa shape index (κ1) is 9.96. The lowest BCUT2D eigenvalue weighted by Crippen LogP contribution is -2.42. The molecule has 3 nitrogen and oxygen atoms in total. The summed E-state index contributed by atoms with van der Waals surface area (Å²) < 4.78 is 5.86. The average Bonchev–Trinajstić information content (AvgIpc) is 2.01.